The van der Waals surface area contributed by atoms with Crippen LogP contribution in [0.1, 0.15) is 12.8 Å². The maximum Gasteiger partial charge on any atom is 0.372 e. The molecule has 0 saturated carbocycles. The minimum Gasteiger partial charge on any atom is -0.545 e. The predicted molar refractivity (Wildman–Crippen MR) is 52.4 cm³/mol. The molecule has 0 aliphatic heterocycles. The van der Waals surface area contributed by atoms with E-state index < -0.39 is 42.5 Å². The normalized spacial score (nSPS) is 14.0. The zero-order valence-corrected chi connectivity index (χ0v) is 10.1. The lowest BCUT2D eigenvalue weighted by Gasteiger charge is -2.31. The molecule has 0 unspecified atom stereocenters. The molecular weight excluding hydrogens is 310 g/mol. The Morgan fingerprint density at radius 2 is 1.05 bits per heavy atom. The molecule has 10 heteroatoms. The summed E-state index contributed by atoms with van der Waals surface area (Å²) in [5, 5.41) is 19.8. The van der Waals surface area contributed by atoms with Crippen molar-refractivity contribution in [1.29, 1.82) is 0 Å². The minimum absolute atomic E-state index is 0.00185. The molecule has 0 amide bonds. The Kier molecular flexibility index (Phi) is 6.00. The van der Waals surface area contributed by atoms with Gasteiger partial charge in [0, 0.05) is 12.8 Å². The van der Waals surface area contributed by atoms with Crippen LogP contribution in [-0.4, -0.2) is 29.7 Å². The number of halogens is 6. The van der Waals surface area contributed by atoms with Crippen LogP contribution in [0.5, 0.6) is 0 Å². The molecule has 0 aromatic carbocycles. The van der Waals surface area contributed by atoms with E-state index in [1.54, 1.807) is 0 Å². The van der Waals surface area contributed by atoms with Crippen LogP contribution in [0, 0.1) is 0 Å². The van der Waals surface area contributed by atoms with Gasteiger partial charge in [-0.15, -0.1) is 0 Å². The summed E-state index contributed by atoms with van der Waals surface area (Å²) in [6.45, 7) is 0. The van der Waals surface area contributed by atoms with Crippen molar-refractivity contribution in [1.82, 2.24) is 0 Å². The smallest absolute Gasteiger partial charge is 0.372 e. The largest absolute Gasteiger partial charge is 0.545 e. The molecule has 0 aliphatic rings. The Morgan fingerprint density at radius 1 is 0.762 bits per heavy atom. The van der Waals surface area contributed by atoms with E-state index in [4.69, 9.17) is 0 Å². The van der Waals surface area contributed by atoms with E-state index in [1.165, 1.54) is 0 Å². The fourth-order valence-electron chi connectivity index (χ4n) is 1.13. The number of alkyl halides is 6. The SMILES string of the molecule is O=C([O-])C=CCC(F)(F)C(F)(F)C(F)(F)CC=CC(=O)[O-]. The number of hydrogen-bond acceptors (Lipinski definition) is 4. The topological polar surface area (TPSA) is 80.3 Å². The van der Waals surface area contributed by atoms with Gasteiger partial charge in [0.1, 0.15) is 0 Å². The Bertz CT molecular complexity index is 416. The molecule has 0 radical (unpaired) electrons. The lowest BCUT2D eigenvalue weighted by molar-refractivity contribution is -0.306. The standard InChI is InChI=1S/C11H10F6O4/c12-9(13,5-1-3-7(18)19)11(16,17)10(14,15)6-2-4-8(20)21/h1-4H,5-6H2,(H,18,19)(H,20,21)/p-2. The fourth-order valence-corrected chi connectivity index (χ4v) is 1.13. The van der Waals surface area contributed by atoms with Crippen LogP contribution in [0.2, 0.25) is 0 Å². The van der Waals surface area contributed by atoms with E-state index >= 15 is 0 Å². The first kappa shape index (κ1) is 19.0. The molecule has 0 aromatic heterocycles. The van der Waals surface area contributed by atoms with Crippen molar-refractivity contribution in [3.05, 3.63) is 24.3 Å². The second-order valence-corrected chi connectivity index (χ2v) is 3.83. The maximum atomic E-state index is 13.1. The summed E-state index contributed by atoms with van der Waals surface area (Å²) in [5.41, 5.74) is 0. The number of carbonyl (C=O) groups excluding carboxylic acids is 2. The highest BCUT2D eigenvalue weighted by Gasteiger charge is 2.69. The van der Waals surface area contributed by atoms with Crippen LogP contribution >= 0.6 is 0 Å². The lowest BCUT2D eigenvalue weighted by atomic mass is 9.99. The van der Waals surface area contributed by atoms with Crippen LogP contribution in [0.15, 0.2) is 24.3 Å². The van der Waals surface area contributed by atoms with E-state index in [0.29, 0.717) is 0 Å². The minimum atomic E-state index is -5.83. The third-order valence-corrected chi connectivity index (χ3v) is 2.18. The molecular formula is C11H8F6O4-2. The molecule has 21 heavy (non-hydrogen) atoms. The van der Waals surface area contributed by atoms with Gasteiger partial charge in [-0.3, -0.25) is 0 Å². The van der Waals surface area contributed by atoms with Gasteiger partial charge < -0.3 is 19.8 Å². The predicted octanol–water partition coefficient (Wildman–Crippen LogP) is 0.285. The van der Waals surface area contributed by atoms with E-state index in [0.717, 1.165) is 0 Å². The van der Waals surface area contributed by atoms with Gasteiger partial charge in [-0.25, -0.2) is 0 Å². The number of carboxylic acids is 2. The monoisotopic (exact) mass is 318 g/mol. The quantitative estimate of drug-likeness (QED) is 0.476. The van der Waals surface area contributed by atoms with Gasteiger partial charge in [0.05, 0.1) is 11.9 Å². The Morgan fingerprint density at radius 3 is 1.29 bits per heavy atom. The van der Waals surface area contributed by atoms with Crippen molar-refractivity contribution in [3.63, 3.8) is 0 Å². The van der Waals surface area contributed by atoms with E-state index in [9.17, 15) is 46.1 Å². The van der Waals surface area contributed by atoms with E-state index in [2.05, 4.69) is 0 Å². The second kappa shape index (κ2) is 6.64. The van der Waals surface area contributed by atoms with Crippen molar-refractivity contribution in [2.75, 3.05) is 0 Å². The van der Waals surface area contributed by atoms with Crippen molar-refractivity contribution in [2.24, 2.45) is 0 Å². The number of carboxylic acid groups (broad SMARTS) is 2. The molecule has 0 atom stereocenters. The first-order valence-electron chi connectivity index (χ1n) is 5.22. The Hall–Kier alpha value is -2.00. The van der Waals surface area contributed by atoms with E-state index in [1.807, 2.05) is 0 Å². The van der Waals surface area contributed by atoms with Crippen LogP contribution in [0.3, 0.4) is 0 Å². The summed E-state index contributed by atoms with van der Waals surface area (Å²) in [7, 11) is 0. The zero-order valence-electron chi connectivity index (χ0n) is 10.1. The summed E-state index contributed by atoms with van der Waals surface area (Å²) >= 11 is 0. The number of allylic oxidation sites excluding steroid dienone is 2. The molecule has 0 bridgehead atoms. The third kappa shape index (κ3) is 5.12. The molecule has 4 nitrogen and oxygen atoms in total. The first-order valence-corrected chi connectivity index (χ1v) is 5.22. The molecule has 120 valence electrons. The van der Waals surface area contributed by atoms with Crippen LogP contribution in [0.25, 0.3) is 0 Å². The van der Waals surface area contributed by atoms with Crippen molar-refractivity contribution in [2.45, 2.75) is 30.6 Å². The van der Waals surface area contributed by atoms with Gasteiger partial charge in [-0.1, -0.05) is 12.2 Å². The van der Waals surface area contributed by atoms with Gasteiger partial charge in [0.15, 0.2) is 0 Å². The third-order valence-electron chi connectivity index (χ3n) is 2.18. The highest BCUT2D eigenvalue weighted by molar-refractivity contribution is 5.77. The fraction of sp³-hybridized carbons (Fsp3) is 0.455. The van der Waals surface area contributed by atoms with Crippen LogP contribution < -0.4 is 10.2 Å². The van der Waals surface area contributed by atoms with Gasteiger partial charge >= 0.3 is 17.8 Å². The molecule has 0 fully saturated rings. The summed E-state index contributed by atoms with van der Waals surface area (Å²) in [5.74, 6) is -20.3. The number of aliphatic carboxylic acids is 2. The van der Waals surface area contributed by atoms with Gasteiger partial charge in [-0.05, 0) is 12.2 Å². The summed E-state index contributed by atoms with van der Waals surface area (Å²) in [4.78, 5) is 19.8. The summed E-state index contributed by atoms with van der Waals surface area (Å²) < 4.78 is 78.6. The van der Waals surface area contributed by atoms with Crippen molar-refractivity contribution in [3.8, 4) is 0 Å². The van der Waals surface area contributed by atoms with E-state index in [-0.39, 0.29) is 24.3 Å². The highest BCUT2D eigenvalue weighted by atomic mass is 19.3. The van der Waals surface area contributed by atoms with Gasteiger partial charge in [0.25, 0.3) is 0 Å². The zero-order chi connectivity index (χ0) is 16.9. The Labute approximate surface area is 114 Å². The second-order valence-electron chi connectivity index (χ2n) is 3.83. The highest BCUT2D eigenvalue weighted by Crippen LogP contribution is 2.49. The molecule has 0 rings (SSSR count). The van der Waals surface area contributed by atoms with Crippen LogP contribution in [0.4, 0.5) is 26.3 Å². The molecule has 0 aromatic rings. The average Bonchev–Trinajstić information content (AvgIpc) is 2.26. The molecule has 0 aliphatic carbocycles. The lowest BCUT2D eigenvalue weighted by Crippen LogP contribution is -2.53. The average molecular weight is 318 g/mol. The van der Waals surface area contributed by atoms with Crippen molar-refractivity contribution < 1.29 is 46.1 Å². The first-order chi connectivity index (χ1) is 9.33. The molecule has 0 heterocycles. The maximum absolute atomic E-state index is 13.1. The van der Waals surface area contributed by atoms with Crippen LogP contribution in [-0.2, 0) is 9.59 Å². The van der Waals surface area contributed by atoms with Gasteiger partial charge in [-0.2, -0.15) is 26.3 Å². The number of carbonyl (C=O) groups is 2. The Balaban J connectivity index is 5.12. The summed E-state index contributed by atoms with van der Waals surface area (Å²) in [6.07, 6.45) is -3.83. The number of hydrogen-bond donors (Lipinski definition) is 0. The molecule has 0 saturated heterocycles. The molecule has 0 spiro atoms. The molecule has 0 N–H and O–H groups in total. The van der Waals surface area contributed by atoms with Gasteiger partial charge in [0.2, 0.25) is 0 Å². The number of rotatable bonds is 8. The van der Waals surface area contributed by atoms with Crippen molar-refractivity contribution >= 4 is 11.9 Å². The summed E-state index contributed by atoms with van der Waals surface area (Å²) in [6, 6.07) is 0.